The van der Waals surface area contributed by atoms with Crippen LogP contribution in [0.15, 0.2) is 12.1 Å². The first-order valence-electron chi connectivity index (χ1n) is 7.04. The van der Waals surface area contributed by atoms with E-state index >= 15 is 0 Å². The first kappa shape index (κ1) is 16.0. The molecule has 3 heteroatoms. The van der Waals surface area contributed by atoms with Gasteiger partial charge in [0.25, 0.3) is 0 Å². The van der Waals surface area contributed by atoms with Crippen molar-refractivity contribution in [3.8, 4) is 5.75 Å². The highest BCUT2D eigenvalue weighted by molar-refractivity contribution is 5.46. The van der Waals surface area contributed by atoms with Crippen molar-refractivity contribution < 1.29 is 9.47 Å². The molecule has 0 fully saturated rings. The predicted octanol–water partition coefficient (Wildman–Crippen LogP) is 3.39. The number of benzene rings is 1. The largest absolute Gasteiger partial charge is 0.496 e. The fraction of sp³-hybridized carbons (Fsp3) is 0.625. The lowest BCUT2D eigenvalue weighted by Gasteiger charge is -2.21. The van der Waals surface area contributed by atoms with Gasteiger partial charge >= 0.3 is 0 Å². The van der Waals surface area contributed by atoms with E-state index in [-0.39, 0.29) is 0 Å². The van der Waals surface area contributed by atoms with E-state index in [0.717, 1.165) is 31.8 Å². The Kier molecular flexibility index (Phi) is 6.89. The molecule has 0 bridgehead atoms. The van der Waals surface area contributed by atoms with Gasteiger partial charge in [0.05, 0.1) is 7.11 Å². The van der Waals surface area contributed by atoms with Crippen molar-refractivity contribution >= 4 is 0 Å². The SMILES string of the molecule is CCOCCCC(NC)c1ccc(C)c(C)c1OC. The van der Waals surface area contributed by atoms with E-state index in [4.69, 9.17) is 9.47 Å². The molecular weight excluding hydrogens is 238 g/mol. The Morgan fingerprint density at radius 2 is 2.00 bits per heavy atom. The van der Waals surface area contributed by atoms with Gasteiger partial charge in [0.1, 0.15) is 5.75 Å². The molecule has 0 radical (unpaired) electrons. The smallest absolute Gasteiger partial charge is 0.126 e. The fourth-order valence-electron chi connectivity index (χ4n) is 2.35. The van der Waals surface area contributed by atoms with Gasteiger partial charge in [-0.05, 0) is 51.8 Å². The molecule has 1 rings (SSSR count). The lowest BCUT2D eigenvalue weighted by molar-refractivity contribution is 0.141. The van der Waals surface area contributed by atoms with Crippen molar-refractivity contribution in [2.24, 2.45) is 0 Å². The molecule has 1 aromatic rings. The van der Waals surface area contributed by atoms with Gasteiger partial charge < -0.3 is 14.8 Å². The van der Waals surface area contributed by atoms with Gasteiger partial charge in [0.2, 0.25) is 0 Å². The van der Waals surface area contributed by atoms with Crippen molar-refractivity contribution in [1.82, 2.24) is 5.32 Å². The molecule has 1 N–H and O–H groups in total. The summed E-state index contributed by atoms with van der Waals surface area (Å²) in [6, 6.07) is 4.65. The van der Waals surface area contributed by atoms with Crippen LogP contribution in [-0.2, 0) is 4.74 Å². The summed E-state index contributed by atoms with van der Waals surface area (Å²) in [6.07, 6.45) is 2.10. The van der Waals surface area contributed by atoms with Crippen molar-refractivity contribution in [2.75, 3.05) is 27.4 Å². The summed E-state index contributed by atoms with van der Waals surface area (Å²) in [6.45, 7) is 7.87. The van der Waals surface area contributed by atoms with E-state index in [1.54, 1.807) is 7.11 Å². The summed E-state index contributed by atoms with van der Waals surface area (Å²) in [7, 11) is 3.75. The van der Waals surface area contributed by atoms with Crippen LogP contribution in [-0.4, -0.2) is 27.4 Å². The molecule has 1 atom stereocenters. The fourth-order valence-corrected chi connectivity index (χ4v) is 2.35. The molecule has 0 saturated carbocycles. The third-order valence-corrected chi connectivity index (χ3v) is 3.62. The van der Waals surface area contributed by atoms with Gasteiger partial charge in [-0.15, -0.1) is 0 Å². The number of aryl methyl sites for hydroxylation is 1. The minimum Gasteiger partial charge on any atom is -0.496 e. The molecule has 0 aliphatic heterocycles. The Morgan fingerprint density at radius 3 is 2.58 bits per heavy atom. The summed E-state index contributed by atoms with van der Waals surface area (Å²) >= 11 is 0. The molecule has 0 aliphatic carbocycles. The number of hydrogen-bond donors (Lipinski definition) is 1. The normalized spacial score (nSPS) is 12.5. The summed E-state index contributed by atoms with van der Waals surface area (Å²) < 4.78 is 11.0. The highest BCUT2D eigenvalue weighted by Gasteiger charge is 2.16. The maximum absolute atomic E-state index is 5.60. The van der Waals surface area contributed by atoms with E-state index in [0.29, 0.717) is 6.04 Å². The second-order valence-electron chi connectivity index (χ2n) is 4.81. The van der Waals surface area contributed by atoms with E-state index < -0.39 is 0 Å². The average molecular weight is 265 g/mol. The molecule has 1 unspecified atom stereocenters. The number of rotatable bonds is 8. The summed E-state index contributed by atoms with van der Waals surface area (Å²) in [5, 5.41) is 3.38. The van der Waals surface area contributed by atoms with Crippen molar-refractivity contribution in [1.29, 1.82) is 0 Å². The highest BCUT2D eigenvalue weighted by Crippen LogP contribution is 2.32. The Hall–Kier alpha value is -1.06. The van der Waals surface area contributed by atoms with Crippen LogP contribution in [0.25, 0.3) is 0 Å². The minimum absolute atomic E-state index is 0.315. The molecule has 3 nitrogen and oxygen atoms in total. The first-order valence-corrected chi connectivity index (χ1v) is 7.04. The van der Waals surface area contributed by atoms with Gasteiger partial charge in [0.15, 0.2) is 0 Å². The zero-order valence-corrected chi connectivity index (χ0v) is 12.9. The van der Waals surface area contributed by atoms with Gasteiger partial charge in [-0.1, -0.05) is 12.1 Å². The van der Waals surface area contributed by atoms with Crippen LogP contribution < -0.4 is 10.1 Å². The van der Waals surface area contributed by atoms with Crippen molar-refractivity contribution in [3.05, 3.63) is 28.8 Å². The monoisotopic (exact) mass is 265 g/mol. The maximum atomic E-state index is 5.60. The molecule has 0 saturated heterocycles. The lowest BCUT2D eigenvalue weighted by Crippen LogP contribution is -2.18. The van der Waals surface area contributed by atoms with Gasteiger partial charge in [0, 0.05) is 24.8 Å². The Balaban J connectivity index is 2.83. The van der Waals surface area contributed by atoms with Gasteiger partial charge in [-0.25, -0.2) is 0 Å². The van der Waals surface area contributed by atoms with E-state index in [2.05, 4.69) is 31.3 Å². The van der Waals surface area contributed by atoms with Gasteiger partial charge in [-0.3, -0.25) is 0 Å². The summed E-state index contributed by atoms with van der Waals surface area (Å²) in [4.78, 5) is 0. The van der Waals surface area contributed by atoms with Crippen LogP contribution in [0.3, 0.4) is 0 Å². The van der Waals surface area contributed by atoms with E-state index in [9.17, 15) is 0 Å². The topological polar surface area (TPSA) is 30.5 Å². The van der Waals surface area contributed by atoms with Gasteiger partial charge in [-0.2, -0.15) is 0 Å². The third-order valence-electron chi connectivity index (χ3n) is 3.62. The number of ether oxygens (including phenoxy) is 2. The lowest BCUT2D eigenvalue weighted by atomic mass is 9.96. The second-order valence-corrected chi connectivity index (χ2v) is 4.81. The van der Waals surface area contributed by atoms with Crippen LogP contribution >= 0.6 is 0 Å². The van der Waals surface area contributed by atoms with Crippen LogP contribution in [0.2, 0.25) is 0 Å². The maximum Gasteiger partial charge on any atom is 0.126 e. The van der Waals surface area contributed by atoms with Crippen molar-refractivity contribution in [2.45, 2.75) is 39.7 Å². The molecule has 0 heterocycles. The highest BCUT2D eigenvalue weighted by atomic mass is 16.5. The molecular formula is C16H27NO2. The predicted molar refractivity (Wildman–Crippen MR) is 80.0 cm³/mol. The molecule has 0 spiro atoms. The van der Waals surface area contributed by atoms with Crippen LogP contribution in [0.5, 0.6) is 5.75 Å². The zero-order valence-electron chi connectivity index (χ0n) is 12.9. The molecule has 0 amide bonds. The zero-order chi connectivity index (χ0) is 14.3. The minimum atomic E-state index is 0.315. The molecule has 1 aromatic carbocycles. The van der Waals surface area contributed by atoms with Crippen LogP contribution in [0, 0.1) is 13.8 Å². The van der Waals surface area contributed by atoms with Crippen molar-refractivity contribution in [3.63, 3.8) is 0 Å². The first-order chi connectivity index (χ1) is 9.15. The number of hydrogen-bond acceptors (Lipinski definition) is 3. The Morgan fingerprint density at radius 1 is 1.26 bits per heavy atom. The van der Waals surface area contributed by atoms with E-state index in [1.807, 2.05) is 14.0 Å². The molecule has 0 aromatic heterocycles. The molecule has 108 valence electrons. The van der Waals surface area contributed by atoms with Crippen LogP contribution in [0.4, 0.5) is 0 Å². The number of methoxy groups -OCH3 is 1. The third kappa shape index (κ3) is 4.22. The molecule has 0 aliphatic rings. The van der Waals surface area contributed by atoms with Crippen LogP contribution in [0.1, 0.15) is 42.5 Å². The van der Waals surface area contributed by atoms with E-state index in [1.165, 1.54) is 16.7 Å². The quantitative estimate of drug-likeness (QED) is 0.731. The average Bonchev–Trinajstić information content (AvgIpc) is 2.42. The number of nitrogens with one attached hydrogen (secondary N) is 1. The second kappa shape index (κ2) is 8.18. The Bertz CT molecular complexity index is 391. The standard InChI is InChI=1S/C16H27NO2/c1-6-19-11-7-8-15(17-4)14-10-9-12(2)13(3)16(14)18-5/h9-10,15,17H,6-8,11H2,1-5H3. The Labute approximate surface area is 117 Å². The molecule has 19 heavy (non-hydrogen) atoms. The summed E-state index contributed by atoms with van der Waals surface area (Å²) in [5.74, 6) is 1.01. The summed E-state index contributed by atoms with van der Waals surface area (Å²) in [5.41, 5.74) is 3.74.